The summed E-state index contributed by atoms with van der Waals surface area (Å²) in [5.74, 6) is 2.57. The van der Waals surface area contributed by atoms with E-state index in [1.807, 2.05) is 0 Å². The van der Waals surface area contributed by atoms with Crippen LogP contribution in [0.25, 0.3) is 0 Å². The molecule has 1 aromatic rings. The van der Waals surface area contributed by atoms with E-state index < -0.39 is 0 Å². The maximum absolute atomic E-state index is 9.12. The summed E-state index contributed by atoms with van der Waals surface area (Å²) in [5, 5.41) is 13.2. The van der Waals surface area contributed by atoms with Crippen molar-refractivity contribution < 1.29 is 9.63 Å². The molecule has 3 rings (SSSR count). The zero-order valence-electron chi connectivity index (χ0n) is 10.7. The highest BCUT2D eigenvalue weighted by molar-refractivity contribution is 4.98. The van der Waals surface area contributed by atoms with Crippen LogP contribution in [0.4, 0.5) is 0 Å². The zero-order valence-corrected chi connectivity index (χ0v) is 10.7. The zero-order chi connectivity index (χ0) is 12.4. The highest BCUT2D eigenvalue weighted by Gasteiger charge is 2.25. The monoisotopic (exact) mass is 251 g/mol. The summed E-state index contributed by atoms with van der Waals surface area (Å²) in [6.45, 7) is 2.98. The minimum atomic E-state index is 0.285. The summed E-state index contributed by atoms with van der Waals surface area (Å²) < 4.78 is 5.34. The molecule has 0 radical (unpaired) electrons. The van der Waals surface area contributed by atoms with E-state index in [2.05, 4.69) is 15.0 Å². The van der Waals surface area contributed by atoms with Gasteiger partial charge in [-0.3, -0.25) is 4.90 Å². The molecule has 1 saturated carbocycles. The molecule has 5 heteroatoms. The van der Waals surface area contributed by atoms with Gasteiger partial charge in [0.05, 0.1) is 6.54 Å². The highest BCUT2D eigenvalue weighted by atomic mass is 16.5. The van der Waals surface area contributed by atoms with E-state index in [0.717, 1.165) is 37.8 Å². The molecule has 2 heterocycles. The number of rotatable bonds is 4. The number of aromatic nitrogens is 2. The van der Waals surface area contributed by atoms with Crippen molar-refractivity contribution in [3.8, 4) is 0 Å². The minimum Gasteiger partial charge on any atom is -0.396 e. The SMILES string of the molecule is OCC1CCN(Cc2nc(C3CCCC3)no2)C1. The number of likely N-dealkylation sites (tertiary alicyclic amines) is 1. The van der Waals surface area contributed by atoms with Crippen LogP contribution < -0.4 is 0 Å². The number of hydrogen-bond acceptors (Lipinski definition) is 5. The van der Waals surface area contributed by atoms with E-state index in [1.54, 1.807) is 0 Å². The first-order valence-corrected chi connectivity index (χ1v) is 7.01. The summed E-state index contributed by atoms with van der Waals surface area (Å²) >= 11 is 0. The Labute approximate surface area is 107 Å². The summed E-state index contributed by atoms with van der Waals surface area (Å²) in [6.07, 6.45) is 6.06. The third kappa shape index (κ3) is 2.57. The fourth-order valence-corrected chi connectivity index (χ4v) is 3.08. The molecule has 0 amide bonds. The first-order chi connectivity index (χ1) is 8.85. The Bertz CT molecular complexity index is 387. The number of aliphatic hydroxyl groups excluding tert-OH is 1. The van der Waals surface area contributed by atoms with Gasteiger partial charge in [0.2, 0.25) is 5.89 Å². The molecule has 0 bridgehead atoms. The van der Waals surface area contributed by atoms with Gasteiger partial charge in [0.25, 0.3) is 0 Å². The normalized spacial score (nSPS) is 26.2. The largest absolute Gasteiger partial charge is 0.396 e. The summed E-state index contributed by atoms with van der Waals surface area (Å²) in [4.78, 5) is 6.81. The van der Waals surface area contributed by atoms with Crippen LogP contribution in [0.3, 0.4) is 0 Å². The van der Waals surface area contributed by atoms with Gasteiger partial charge < -0.3 is 9.63 Å². The van der Waals surface area contributed by atoms with Gasteiger partial charge in [0.15, 0.2) is 5.82 Å². The van der Waals surface area contributed by atoms with Crippen molar-refractivity contribution in [1.82, 2.24) is 15.0 Å². The lowest BCUT2D eigenvalue weighted by Gasteiger charge is -2.11. The molecule has 1 saturated heterocycles. The molecule has 1 unspecified atom stereocenters. The topological polar surface area (TPSA) is 62.4 Å². The van der Waals surface area contributed by atoms with Crippen molar-refractivity contribution in [2.24, 2.45) is 5.92 Å². The van der Waals surface area contributed by atoms with Gasteiger partial charge in [-0.05, 0) is 31.7 Å². The van der Waals surface area contributed by atoms with Gasteiger partial charge in [-0.25, -0.2) is 0 Å². The van der Waals surface area contributed by atoms with Crippen LogP contribution in [0.5, 0.6) is 0 Å². The molecule has 18 heavy (non-hydrogen) atoms. The number of hydrogen-bond donors (Lipinski definition) is 1. The third-order valence-corrected chi connectivity index (χ3v) is 4.19. The van der Waals surface area contributed by atoms with E-state index >= 15 is 0 Å². The van der Waals surface area contributed by atoms with Gasteiger partial charge in [-0.15, -0.1) is 0 Å². The maximum Gasteiger partial charge on any atom is 0.240 e. The second-order valence-corrected chi connectivity index (χ2v) is 5.60. The predicted molar refractivity (Wildman–Crippen MR) is 66.0 cm³/mol. The fraction of sp³-hybridized carbons (Fsp3) is 0.846. The first-order valence-electron chi connectivity index (χ1n) is 7.01. The van der Waals surface area contributed by atoms with Crippen LogP contribution in [0, 0.1) is 5.92 Å². The average molecular weight is 251 g/mol. The molecule has 1 aromatic heterocycles. The maximum atomic E-state index is 9.12. The molecule has 1 aliphatic carbocycles. The third-order valence-electron chi connectivity index (χ3n) is 4.19. The quantitative estimate of drug-likeness (QED) is 0.879. The lowest BCUT2D eigenvalue weighted by molar-refractivity contribution is 0.211. The van der Waals surface area contributed by atoms with E-state index in [1.165, 1.54) is 25.7 Å². The van der Waals surface area contributed by atoms with Gasteiger partial charge in [-0.2, -0.15) is 4.98 Å². The highest BCUT2D eigenvalue weighted by Crippen LogP contribution is 2.32. The fourth-order valence-electron chi connectivity index (χ4n) is 3.08. The molecule has 1 N–H and O–H groups in total. The van der Waals surface area contributed by atoms with E-state index in [-0.39, 0.29) is 6.61 Å². The molecule has 100 valence electrons. The smallest absolute Gasteiger partial charge is 0.240 e. The Kier molecular flexibility index (Phi) is 3.61. The van der Waals surface area contributed by atoms with E-state index in [0.29, 0.717) is 11.8 Å². The van der Waals surface area contributed by atoms with Gasteiger partial charge in [-0.1, -0.05) is 18.0 Å². The number of nitrogens with zero attached hydrogens (tertiary/aromatic N) is 3. The standard InChI is InChI=1S/C13H21N3O2/c17-9-10-5-6-16(7-10)8-12-14-13(15-18-12)11-3-1-2-4-11/h10-11,17H,1-9H2. The molecular formula is C13H21N3O2. The molecule has 1 aliphatic heterocycles. The van der Waals surface area contributed by atoms with Crippen LogP contribution in [-0.4, -0.2) is 39.8 Å². The van der Waals surface area contributed by atoms with Crippen molar-refractivity contribution in [3.05, 3.63) is 11.7 Å². The molecule has 2 fully saturated rings. The summed E-state index contributed by atoms with van der Waals surface area (Å²) in [6, 6.07) is 0. The second-order valence-electron chi connectivity index (χ2n) is 5.60. The van der Waals surface area contributed by atoms with Crippen LogP contribution in [0.1, 0.15) is 49.7 Å². The van der Waals surface area contributed by atoms with Crippen LogP contribution in [0.2, 0.25) is 0 Å². The van der Waals surface area contributed by atoms with Gasteiger partial charge in [0.1, 0.15) is 0 Å². The predicted octanol–water partition coefficient (Wildman–Crippen LogP) is 1.54. The molecular weight excluding hydrogens is 230 g/mol. The Morgan fingerprint density at radius 1 is 1.28 bits per heavy atom. The van der Waals surface area contributed by atoms with Crippen LogP contribution in [0.15, 0.2) is 4.52 Å². The van der Waals surface area contributed by atoms with Crippen molar-refractivity contribution in [1.29, 1.82) is 0 Å². The van der Waals surface area contributed by atoms with E-state index in [4.69, 9.17) is 9.63 Å². The van der Waals surface area contributed by atoms with Gasteiger partial charge in [0, 0.05) is 19.1 Å². The molecule has 0 aromatic carbocycles. The van der Waals surface area contributed by atoms with Crippen molar-refractivity contribution >= 4 is 0 Å². The molecule has 2 aliphatic rings. The van der Waals surface area contributed by atoms with E-state index in [9.17, 15) is 0 Å². The Hall–Kier alpha value is -0.940. The first kappa shape index (κ1) is 12.1. The number of aliphatic hydroxyl groups is 1. The van der Waals surface area contributed by atoms with Crippen LogP contribution in [-0.2, 0) is 6.54 Å². The Balaban J connectivity index is 1.57. The lowest BCUT2D eigenvalue weighted by atomic mass is 10.1. The lowest BCUT2D eigenvalue weighted by Crippen LogP contribution is -2.21. The second kappa shape index (κ2) is 5.36. The molecule has 5 nitrogen and oxygen atoms in total. The summed E-state index contributed by atoms with van der Waals surface area (Å²) in [7, 11) is 0. The molecule has 1 atom stereocenters. The van der Waals surface area contributed by atoms with Crippen molar-refractivity contribution in [2.75, 3.05) is 19.7 Å². The Morgan fingerprint density at radius 3 is 2.83 bits per heavy atom. The van der Waals surface area contributed by atoms with Gasteiger partial charge >= 0.3 is 0 Å². The summed E-state index contributed by atoms with van der Waals surface area (Å²) in [5.41, 5.74) is 0. The van der Waals surface area contributed by atoms with Crippen molar-refractivity contribution in [3.63, 3.8) is 0 Å². The molecule has 0 spiro atoms. The average Bonchev–Trinajstić information content (AvgIpc) is 3.10. The Morgan fingerprint density at radius 2 is 2.11 bits per heavy atom. The van der Waals surface area contributed by atoms with Crippen molar-refractivity contribution in [2.45, 2.75) is 44.6 Å². The van der Waals surface area contributed by atoms with Crippen LogP contribution >= 0.6 is 0 Å². The minimum absolute atomic E-state index is 0.285.